The smallest absolute Gasteiger partial charge is 0.243 e. The summed E-state index contributed by atoms with van der Waals surface area (Å²) in [5, 5.41) is 27.5. The van der Waals surface area contributed by atoms with E-state index in [0.717, 1.165) is 19.3 Å². The zero-order chi connectivity index (χ0) is 23.2. The largest absolute Gasteiger partial charge is 0.392 e. The number of β-amino-alcohol motifs (C(OH)–C–C–N with tert-alkyl or cyclic N) is 1. The molecule has 178 valence electrons. The Morgan fingerprint density at radius 3 is 2.61 bits per heavy atom. The highest BCUT2D eigenvalue weighted by molar-refractivity contribution is 7.89. The van der Waals surface area contributed by atoms with Crippen LogP contribution < -0.4 is 16.1 Å². The third kappa shape index (κ3) is 4.34. The molecule has 3 heterocycles. The molecule has 3 unspecified atom stereocenters. The summed E-state index contributed by atoms with van der Waals surface area (Å²) in [6.45, 7) is 1.05. The monoisotopic (exact) mass is 474 g/mol. The summed E-state index contributed by atoms with van der Waals surface area (Å²) in [7, 11) is -3.65. The van der Waals surface area contributed by atoms with E-state index < -0.39 is 16.1 Å². The van der Waals surface area contributed by atoms with Gasteiger partial charge in [-0.3, -0.25) is 4.79 Å². The molecule has 5 rings (SSSR count). The van der Waals surface area contributed by atoms with Gasteiger partial charge in [0.05, 0.1) is 29.4 Å². The van der Waals surface area contributed by atoms with E-state index in [1.165, 1.54) is 4.31 Å². The van der Waals surface area contributed by atoms with E-state index in [1.807, 2.05) is 0 Å². The predicted octanol–water partition coefficient (Wildman–Crippen LogP) is 0.197. The van der Waals surface area contributed by atoms with E-state index in [-0.39, 0.29) is 41.5 Å². The van der Waals surface area contributed by atoms with E-state index in [0.29, 0.717) is 37.5 Å². The van der Waals surface area contributed by atoms with Crippen molar-refractivity contribution in [3.8, 4) is 6.07 Å². The second-order valence-corrected chi connectivity index (χ2v) is 11.4. The normalized spacial score (nSPS) is 31.6. The molecule has 3 saturated heterocycles. The van der Waals surface area contributed by atoms with Crippen molar-refractivity contribution in [2.45, 2.75) is 61.4 Å². The lowest BCUT2D eigenvalue weighted by Crippen LogP contribution is -2.52. The average Bonchev–Trinajstić information content (AvgIpc) is 3.44. The van der Waals surface area contributed by atoms with Gasteiger partial charge in [-0.05, 0) is 55.9 Å². The molecule has 0 spiro atoms. The van der Waals surface area contributed by atoms with Gasteiger partial charge in [0.2, 0.25) is 15.9 Å². The maximum Gasteiger partial charge on any atom is 0.243 e. The standard InChI is InChI=1S/C22H30N6O4S/c23-10-7-18(14-1-2-14)28-19-8-11-24-22(30)20(19)21(26-28)25-15-3-5-17(6-4-15)33(31,32)27-12-9-16(29)13-27/h3-6,14,16,18-21,25-26,29H,1-2,7-9,11-13H2,(H,24,30)/t16-,18+,19?,20?,21?/m1/s1. The number of amides is 1. The molecule has 5 atom stereocenters. The van der Waals surface area contributed by atoms with Crippen molar-refractivity contribution >= 4 is 21.6 Å². The van der Waals surface area contributed by atoms with Crippen LogP contribution in [0.5, 0.6) is 0 Å². The second kappa shape index (κ2) is 8.85. The lowest BCUT2D eigenvalue weighted by molar-refractivity contribution is -0.128. The SMILES string of the molecule is N#CC[C@@H](C1CC1)N1NC(Nc2ccc(S(=O)(=O)N3CC[C@@H](O)C3)cc2)C2C(=O)NCCC21. The van der Waals surface area contributed by atoms with Crippen LogP contribution in [-0.4, -0.2) is 72.7 Å². The van der Waals surface area contributed by atoms with E-state index in [4.69, 9.17) is 0 Å². The predicted molar refractivity (Wildman–Crippen MR) is 120 cm³/mol. The number of carbonyl (C=O) groups excluding carboxylic acids is 1. The minimum absolute atomic E-state index is 0.0106. The number of fused-ring (bicyclic) bond motifs is 1. The molecule has 33 heavy (non-hydrogen) atoms. The molecule has 10 nitrogen and oxygen atoms in total. The van der Waals surface area contributed by atoms with E-state index >= 15 is 0 Å². The van der Waals surface area contributed by atoms with Crippen LogP contribution in [0.4, 0.5) is 5.69 Å². The molecule has 1 amide bonds. The first-order valence-electron chi connectivity index (χ1n) is 11.6. The number of anilines is 1. The van der Waals surface area contributed by atoms with Gasteiger partial charge < -0.3 is 15.7 Å². The van der Waals surface area contributed by atoms with Crippen molar-refractivity contribution in [1.29, 1.82) is 5.26 Å². The van der Waals surface area contributed by atoms with Gasteiger partial charge in [-0.2, -0.15) is 9.57 Å². The van der Waals surface area contributed by atoms with Crippen molar-refractivity contribution in [3.63, 3.8) is 0 Å². The molecule has 4 aliphatic rings. The molecule has 0 radical (unpaired) electrons. The number of rotatable bonds is 7. The molecule has 3 aliphatic heterocycles. The number of aliphatic hydroxyl groups is 1. The minimum Gasteiger partial charge on any atom is -0.392 e. The zero-order valence-corrected chi connectivity index (χ0v) is 19.2. The van der Waals surface area contributed by atoms with Crippen LogP contribution in [-0.2, 0) is 14.8 Å². The van der Waals surface area contributed by atoms with Crippen LogP contribution in [0.2, 0.25) is 0 Å². The molecule has 1 aromatic rings. The number of hydrogen-bond donors (Lipinski definition) is 4. The second-order valence-electron chi connectivity index (χ2n) is 9.43. The van der Waals surface area contributed by atoms with Crippen molar-refractivity contribution in [3.05, 3.63) is 24.3 Å². The molecule has 4 N–H and O–H groups in total. The summed E-state index contributed by atoms with van der Waals surface area (Å²) in [6.07, 6.45) is 2.92. The molecule has 1 saturated carbocycles. The van der Waals surface area contributed by atoms with Gasteiger partial charge in [0.25, 0.3) is 0 Å². The molecule has 11 heteroatoms. The van der Waals surface area contributed by atoms with Crippen LogP contribution in [0, 0.1) is 23.2 Å². The fourth-order valence-corrected chi connectivity index (χ4v) is 6.84. The summed E-state index contributed by atoms with van der Waals surface area (Å²) >= 11 is 0. The number of hydrogen-bond acceptors (Lipinski definition) is 8. The number of benzene rings is 1. The quantitative estimate of drug-likeness (QED) is 0.440. The highest BCUT2D eigenvalue weighted by Crippen LogP contribution is 2.41. The maximum absolute atomic E-state index is 12.8. The van der Waals surface area contributed by atoms with Gasteiger partial charge in [0.1, 0.15) is 6.17 Å². The Hall–Kier alpha value is -2.23. The van der Waals surface area contributed by atoms with Gasteiger partial charge in [-0.1, -0.05) is 0 Å². The van der Waals surface area contributed by atoms with Crippen molar-refractivity contribution in [2.24, 2.45) is 11.8 Å². The van der Waals surface area contributed by atoms with Gasteiger partial charge >= 0.3 is 0 Å². The van der Waals surface area contributed by atoms with E-state index in [2.05, 4.69) is 27.1 Å². The van der Waals surface area contributed by atoms with Gasteiger partial charge in [-0.25, -0.2) is 18.9 Å². The third-order valence-electron chi connectivity index (χ3n) is 7.23. The summed E-state index contributed by atoms with van der Waals surface area (Å²) < 4.78 is 26.9. The first kappa shape index (κ1) is 22.6. The highest BCUT2D eigenvalue weighted by atomic mass is 32.2. The lowest BCUT2D eigenvalue weighted by atomic mass is 9.90. The molecule has 4 fully saturated rings. The Labute approximate surface area is 193 Å². The van der Waals surface area contributed by atoms with Crippen LogP contribution >= 0.6 is 0 Å². The molecule has 1 aliphatic carbocycles. The van der Waals surface area contributed by atoms with Crippen LogP contribution in [0.3, 0.4) is 0 Å². The first-order valence-corrected chi connectivity index (χ1v) is 13.1. The Morgan fingerprint density at radius 2 is 1.97 bits per heavy atom. The Balaban J connectivity index is 1.33. The summed E-state index contributed by atoms with van der Waals surface area (Å²) in [5.41, 5.74) is 4.17. The number of sulfonamides is 1. The van der Waals surface area contributed by atoms with Gasteiger partial charge in [0, 0.05) is 37.4 Å². The average molecular weight is 475 g/mol. The number of nitrogens with one attached hydrogen (secondary N) is 3. The summed E-state index contributed by atoms with van der Waals surface area (Å²) in [5.74, 6) is 0.153. The van der Waals surface area contributed by atoms with Crippen LogP contribution in [0.15, 0.2) is 29.2 Å². The fourth-order valence-electron chi connectivity index (χ4n) is 5.35. The van der Waals surface area contributed by atoms with Crippen LogP contribution in [0.1, 0.15) is 32.1 Å². The molecule has 0 bridgehead atoms. The maximum atomic E-state index is 12.8. The lowest BCUT2D eigenvalue weighted by Gasteiger charge is -2.34. The van der Waals surface area contributed by atoms with Gasteiger partial charge in [-0.15, -0.1) is 0 Å². The third-order valence-corrected chi connectivity index (χ3v) is 9.10. The van der Waals surface area contributed by atoms with Crippen LogP contribution in [0.25, 0.3) is 0 Å². The molecule has 0 aromatic heterocycles. The van der Waals surface area contributed by atoms with Crippen molar-refractivity contribution in [2.75, 3.05) is 25.0 Å². The Kier molecular flexibility index (Phi) is 6.05. The summed E-state index contributed by atoms with van der Waals surface area (Å²) in [6, 6.07) is 8.91. The molecule has 1 aromatic carbocycles. The highest BCUT2D eigenvalue weighted by Gasteiger charge is 2.51. The fraction of sp³-hybridized carbons (Fsp3) is 0.636. The topological polar surface area (TPSA) is 138 Å². The Morgan fingerprint density at radius 1 is 1.21 bits per heavy atom. The van der Waals surface area contributed by atoms with Gasteiger partial charge in [0.15, 0.2) is 0 Å². The number of piperidine rings is 1. The summed E-state index contributed by atoms with van der Waals surface area (Å²) in [4.78, 5) is 12.9. The van der Waals surface area contributed by atoms with E-state index in [9.17, 15) is 23.6 Å². The number of hydrazine groups is 1. The molecular formula is C22H30N6O4S. The first-order chi connectivity index (χ1) is 15.9. The molecular weight excluding hydrogens is 444 g/mol. The zero-order valence-electron chi connectivity index (χ0n) is 18.4. The van der Waals surface area contributed by atoms with E-state index in [1.54, 1.807) is 24.3 Å². The number of nitrogens with zero attached hydrogens (tertiary/aromatic N) is 3. The Bertz CT molecular complexity index is 1040. The number of carbonyl (C=O) groups is 1. The van der Waals surface area contributed by atoms with Crippen molar-refractivity contribution < 1.29 is 18.3 Å². The minimum atomic E-state index is -3.65. The number of nitriles is 1. The van der Waals surface area contributed by atoms with Crippen molar-refractivity contribution in [1.82, 2.24) is 20.1 Å². The number of aliphatic hydroxyl groups excluding tert-OH is 1.